The molecule has 1 aliphatic rings. The number of aryl methyl sites for hydroxylation is 1. The fourth-order valence-corrected chi connectivity index (χ4v) is 5.94. The summed E-state index contributed by atoms with van der Waals surface area (Å²) in [6.45, 7) is -0.475. The van der Waals surface area contributed by atoms with E-state index in [4.69, 9.17) is 4.74 Å². The number of amides is 1. The standard InChI is InChI=1S/C29H20N4O3S/c30-15-22-19-14-13-17-7-1-2-8-18(17)26(19)37-28(22)33-25(34)16-36-29(35)21-10-4-3-9-20(21)27-31-23-11-5-6-12-24(23)32-27/h1-12H,13-14,16H2,(H,31,32)(H,33,34). The first-order valence-corrected chi connectivity index (χ1v) is 12.6. The number of nitrogens with zero attached hydrogens (tertiary/aromatic N) is 2. The minimum absolute atomic E-state index is 0.301. The Kier molecular flexibility index (Phi) is 5.75. The number of anilines is 1. The second kappa shape index (κ2) is 9.37. The van der Waals surface area contributed by atoms with Crippen molar-refractivity contribution in [2.75, 3.05) is 11.9 Å². The fourth-order valence-electron chi connectivity index (χ4n) is 4.67. The number of benzene rings is 3. The van der Waals surface area contributed by atoms with Crippen LogP contribution in [0.25, 0.3) is 32.9 Å². The molecule has 1 aliphatic carbocycles. The molecule has 0 bridgehead atoms. The smallest absolute Gasteiger partial charge is 0.339 e. The number of imidazole rings is 1. The Hall–Kier alpha value is -4.74. The lowest BCUT2D eigenvalue weighted by atomic mass is 9.90. The first-order chi connectivity index (χ1) is 18.1. The number of esters is 1. The maximum Gasteiger partial charge on any atom is 0.339 e. The van der Waals surface area contributed by atoms with Crippen LogP contribution in [0.2, 0.25) is 0 Å². The van der Waals surface area contributed by atoms with Crippen LogP contribution in [0.1, 0.15) is 27.0 Å². The average molecular weight is 505 g/mol. The molecule has 0 saturated carbocycles. The molecule has 2 N–H and O–H groups in total. The molecule has 8 heteroatoms. The number of nitriles is 1. The summed E-state index contributed by atoms with van der Waals surface area (Å²) >= 11 is 1.38. The quantitative estimate of drug-likeness (QED) is 0.298. The van der Waals surface area contributed by atoms with E-state index in [0.29, 0.717) is 27.5 Å². The Balaban J connectivity index is 1.19. The molecule has 1 amide bonds. The van der Waals surface area contributed by atoms with Crippen LogP contribution in [0.5, 0.6) is 0 Å². The number of rotatable bonds is 5. The maximum absolute atomic E-state index is 12.9. The van der Waals surface area contributed by atoms with Gasteiger partial charge in [-0.05, 0) is 47.7 Å². The molecule has 0 unspecified atom stereocenters. The Bertz CT molecular complexity index is 1690. The van der Waals surface area contributed by atoms with Crippen LogP contribution in [0.4, 0.5) is 5.00 Å². The van der Waals surface area contributed by atoms with Crippen molar-refractivity contribution in [3.8, 4) is 27.9 Å². The molecular weight excluding hydrogens is 484 g/mol. The molecule has 0 fully saturated rings. The summed E-state index contributed by atoms with van der Waals surface area (Å²) in [7, 11) is 0. The highest BCUT2D eigenvalue weighted by Gasteiger charge is 2.25. The molecule has 3 aromatic carbocycles. The summed E-state index contributed by atoms with van der Waals surface area (Å²) < 4.78 is 5.36. The van der Waals surface area contributed by atoms with Gasteiger partial charge in [0, 0.05) is 10.4 Å². The van der Waals surface area contributed by atoms with Crippen molar-refractivity contribution >= 4 is 39.2 Å². The molecule has 37 heavy (non-hydrogen) atoms. The Labute approximate surface area is 216 Å². The van der Waals surface area contributed by atoms with E-state index < -0.39 is 18.5 Å². The normalized spacial score (nSPS) is 11.9. The van der Waals surface area contributed by atoms with Crippen molar-refractivity contribution in [1.29, 1.82) is 5.26 Å². The van der Waals surface area contributed by atoms with Gasteiger partial charge in [0.15, 0.2) is 6.61 Å². The van der Waals surface area contributed by atoms with Gasteiger partial charge in [0.05, 0.1) is 22.2 Å². The van der Waals surface area contributed by atoms with Gasteiger partial charge in [0.1, 0.15) is 16.9 Å². The van der Waals surface area contributed by atoms with Crippen molar-refractivity contribution in [3.05, 3.63) is 95.1 Å². The lowest BCUT2D eigenvalue weighted by Gasteiger charge is -2.15. The van der Waals surface area contributed by atoms with E-state index in [0.717, 1.165) is 39.9 Å². The molecule has 7 nitrogen and oxygen atoms in total. The number of aromatic amines is 1. The molecule has 0 spiro atoms. The second-order valence-electron chi connectivity index (χ2n) is 8.66. The molecule has 2 heterocycles. The van der Waals surface area contributed by atoms with Crippen LogP contribution in [0.3, 0.4) is 0 Å². The van der Waals surface area contributed by atoms with E-state index in [2.05, 4.69) is 27.4 Å². The summed E-state index contributed by atoms with van der Waals surface area (Å²) in [5.74, 6) is -0.592. The van der Waals surface area contributed by atoms with Gasteiger partial charge in [-0.25, -0.2) is 9.78 Å². The number of hydrogen-bond acceptors (Lipinski definition) is 6. The molecule has 5 aromatic rings. The first kappa shape index (κ1) is 22.7. The lowest BCUT2D eigenvalue weighted by Crippen LogP contribution is -2.21. The number of H-pyrrole nitrogens is 1. The molecule has 0 aliphatic heterocycles. The molecule has 0 saturated heterocycles. The molecule has 6 rings (SSSR count). The zero-order chi connectivity index (χ0) is 25.4. The van der Waals surface area contributed by atoms with Crippen LogP contribution in [-0.2, 0) is 22.4 Å². The Morgan fingerprint density at radius 2 is 1.76 bits per heavy atom. The fraction of sp³-hybridized carbons (Fsp3) is 0.103. The van der Waals surface area contributed by atoms with Crippen molar-refractivity contribution in [3.63, 3.8) is 0 Å². The van der Waals surface area contributed by atoms with Gasteiger partial charge in [-0.1, -0.05) is 54.6 Å². The second-order valence-corrected chi connectivity index (χ2v) is 9.68. The summed E-state index contributed by atoms with van der Waals surface area (Å²) in [6, 6.07) is 24.9. The highest BCUT2D eigenvalue weighted by Crippen LogP contribution is 2.44. The van der Waals surface area contributed by atoms with Gasteiger partial charge < -0.3 is 15.0 Å². The largest absolute Gasteiger partial charge is 0.452 e. The van der Waals surface area contributed by atoms with E-state index >= 15 is 0 Å². The number of aromatic nitrogens is 2. The summed E-state index contributed by atoms with van der Waals surface area (Å²) in [5.41, 5.74) is 6.29. The van der Waals surface area contributed by atoms with Crippen LogP contribution in [0.15, 0.2) is 72.8 Å². The van der Waals surface area contributed by atoms with Crippen molar-refractivity contribution in [2.24, 2.45) is 0 Å². The number of thiophene rings is 1. The summed E-state index contributed by atoms with van der Waals surface area (Å²) in [4.78, 5) is 34.5. The molecule has 2 aromatic heterocycles. The minimum atomic E-state index is -0.633. The van der Waals surface area contributed by atoms with Crippen LogP contribution >= 0.6 is 11.3 Å². The SMILES string of the molecule is N#Cc1c(NC(=O)COC(=O)c2ccccc2-c2nc3ccccc3[nH]2)sc2c1CCc1ccccc1-2. The number of carbonyl (C=O) groups excluding carboxylic acids is 2. The van der Waals surface area contributed by atoms with Gasteiger partial charge in [-0.15, -0.1) is 11.3 Å². The predicted octanol–water partition coefficient (Wildman–Crippen LogP) is 5.72. The third-order valence-corrected chi connectivity index (χ3v) is 7.58. The Morgan fingerprint density at radius 1 is 1.00 bits per heavy atom. The third-order valence-electron chi connectivity index (χ3n) is 6.40. The van der Waals surface area contributed by atoms with E-state index in [1.165, 1.54) is 16.9 Å². The molecule has 0 atom stereocenters. The van der Waals surface area contributed by atoms with Crippen LogP contribution in [-0.4, -0.2) is 28.5 Å². The zero-order valence-electron chi connectivity index (χ0n) is 19.6. The van der Waals surface area contributed by atoms with Gasteiger partial charge in [-0.2, -0.15) is 5.26 Å². The maximum atomic E-state index is 12.9. The van der Waals surface area contributed by atoms with Crippen molar-refractivity contribution in [2.45, 2.75) is 12.8 Å². The number of hydrogen-bond donors (Lipinski definition) is 2. The molecular formula is C29H20N4O3S. The number of ether oxygens (including phenoxy) is 1. The third kappa shape index (κ3) is 4.15. The van der Waals surface area contributed by atoms with E-state index in [-0.39, 0.29) is 0 Å². The van der Waals surface area contributed by atoms with E-state index in [9.17, 15) is 14.9 Å². The van der Waals surface area contributed by atoms with Crippen LogP contribution < -0.4 is 5.32 Å². The van der Waals surface area contributed by atoms with Crippen LogP contribution in [0, 0.1) is 11.3 Å². The minimum Gasteiger partial charge on any atom is -0.452 e. The van der Waals surface area contributed by atoms with Gasteiger partial charge in [0.2, 0.25) is 0 Å². The van der Waals surface area contributed by atoms with E-state index in [1.54, 1.807) is 18.2 Å². The Morgan fingerprint density at radius 3 is 2.59 bits per heavy atom. The first-order valence-electron chi connectivity index (χ1n) is 11.8. The number of carbonyl (C=O) groups is 2. The monoisotopic (exact) mass is 504 g/mol. The van der Waals surface area contributed by atoms with Gasteiger partial charge >= 0.3 is 5.97 Å². The van der Waals surface area contributed by atoms with Gasteiger partial charge in [-0.3, -0.25) is 4.79 Å². The van der Waals surface area contributed by atoms with Crippen molar-refractivity contribution < 1.29 is 14.3 Å². The number of fused-ring (bicyclic) bond motifs is 4. The number of para-hydroxylation sites is 2. The topological polar surface area (TPSA) is 108 Å². The molecule has 180 valence electrons. The summed E-state index contributed by atoms with van der Waals surface area (Å²) in [6.07, 6.45) is 1.60. The number of nitrogens with one attached hydrogen (secondary N) is 2. The highest BCUT2D eigenvalue weighted by molar-refractivity contribution is 7.20. The molecule has 0 radical (unpaired) electrons. The van der Waals surface area contributed by atoms with Gasteiger partial charge in [0.25, 0.3) is 5.91 Å². The van der Waals surface area contributed by atoms with E-state index in [1.807, 2.05) is 48.5 Å². The summed E-state index contributed by atoms with van der Waals surface area (Å²) in [5, 5.41) is 13.1. The van der Waals surface area contributed by atoms with Crippen molar-refractivity contribution in [1.82, 2.24) is 9.97 Å². The lowest BCUT2D eigenvalue weighted by molar-refractivity contribution is -0.119. The predicted molar refractivity (Wildman–Crippen MR) is 142 cm³/mol. The zero-order valence-corrected chi connectivity index (χ0v) is 20.4. The highest BCUT2D eigenvalue weighted by atomic mass is 32.1. The average Bonchev–Trinajstić information content (AvgIpc) is 3.53.